The van der Waals surface area contributed by atoms with E-state index in [0.29, 0.717) is 39.2 Å². The number of carbonyl (C=O) groups is 1. The van der Waals surface area contributed by atoms with Crippen LogP contribution < -0.4 is 15.0 Å². The lowest BCUT2D eigenvalue weighted by Gasteiger charge is -2.17. The molecule has 1 aromatic heterocycles. The first-order valence-electron chi connectivity index (χ1n) is 9.34. The summed E-state index contributed by atoms with van der Waals surface area (Å²) in [5.41, 5.74) is 2.22. The maximum Gasteiger partial charge on any atom is 0.267 e. The standard InChI is InChI=1S/C24H17NO5/c1-29-18-11-10-17-19-21(15-8-3-4-9-16(15)22(19)27)25(13-6-5-7-14(26)12-13)24(28)20(17)23(18)30-2/h3-12,26H,1-2H3. The number of pyridine rings is 1. The molecule has 1 heterocycles. The fraction of sp³-hybridized carbons (Fsp3) is 0.0833. The maximum absolute atomic E-state index is 13.8. The molecular formula is C24H17NO5. The van der Waals surface area contributed by atoms with Crippen molar-refractivity contribution in [1.82, 2.24) is 4.57 Å². The van der Waals surface area contributed by atoms with Gasteiger partial charge in [0.15, 0.2) is 17.3 Å². The van der Waals surface area contributed by atoms with E-state index >= 15 is 0 Å². The molecule has 0 saturated heterocycles. The number of nitrogens with zero attached hydrogens (tertiary/aromatic N) is 1. The Morgan fingerprint density at radius 2 is 1.63 bits per heavy atom. The molecule has 4 aromatic rings. The molecule has 0 spiro atoms. The minimum Gasteiger partial charge on any atom is -0.508 e. The minimum absolute atomic E-state index is 0.0171. The largest absolute Gasteiger partial charge is 0.508 e. The van der Waals surface area contributed by atoms with Gasteiger partial charge in [0.25, 0.3) is 5.56 Å². The van der Waals surface area contributed by atoms with Gasteiger partial charge >= 0.3 is 0 Å². The van der Waals surface area contributed by atoms with Crippen molar-refractivity contribution in [3.63, 3.8) is 0 Å². The summed E-state index contributed by atoms with van der Waals surface area (Å²) in [5.74, 6) is 0.517. The van der Waals surface area contributed by atoms with Crippen LogP contribution >= 0.6 is 0 Å². The molecule has 0 radical (unpaired) electrons. The summed E-state index contributed by atoms with van der Waals surface area (Å²) in [6, 6.07) is 17.0. The Morgan fingerprint density at radius 1 is 0.867 bits per heavy atom. The number of aromatic hydroxyl groups is 1. The summed E-state index contributed by atoms with van der Waals surface area (Å²) in [5, 5.41) is 10.8. The molecule has 148 valence electrons. The van der Waals surface area contributed by atoms with Gasteiger partial charge in [0, 0.05) is 22.6 Å². The third-order valence-electron chi connectivity index (χ3n) is 5.43. The lowest BCUT2D eigenvalue weighted by molar-refractivity contribution is 0.104. The highest BCUT2D eigenvalue weighted by Crippen LogP contribution is 2.43. The van der Waals surface area contributed by atoms with E-state index in [1.807, 2.05) is 12.1 Å². The topological polar surface area (TPSA) is 77.8 Å². The van der Waals surface area contributed by atoms with Gasteiger partial charge in [0.2, 0.25) is 0 Å². The molecule has 5 rings (SSSR count). The first-order valence-corrected chi connectivity index (χ1v) is 9.34. The number of methoxy groups -OCH3 is 2. The van der Waals surface area contributed by atoms with Crippen molar-refractivity contribution in [3.8, 4) is 34.2 Å². The zero-order valence-electron chi connectivity index (χ0n) is 16.3. The Labute approximate surface area is 171 Å². The van der Waals surface area contributed by atoms with Crippen LogP contribution in [0.1, 0.15) is 15.9 Å². The van der Waals surface area contributed by atoms with Crippen molar-refractivity contribution in [2.45, 2.75) is 0 Å². The predicted octanol–water partition coefficient (Wildman–Crippen LogP) is 3.92. The van der Waals surface area contributed by atoms with Gasteiger partial charge in [0.1, 0.15) is 5.75 Å². The van der Waals surface area contributed by atoms with Crippen molar-refractivity contribution >= 4 is 16.6 Å². The SMILES string of the molecule is COc1ccc2c3c(n(-c4cccc(O)c4)c(=O)c2c1OC)-c1ccccc1C3=O. The molecule has 6 nitrogen and oxygen atoms in total. The van der Waals surface area contributed by atoms with Gasteiger partial charge in [-0.3, -0.25) is 14.2 Å². The molecule has 30 heavy (non-hydrogen) atoms. The number of hydrogen-bond acceptors (Lipinski definition) is 5. The van der Waals surface area contributed by atoms with Crippen LogP contribution in [0.25, 0.3) is 27.7 Å². The average Bonchev–Trinajstić information content (AvgIpc) is 3.06. The molecule has 0 saturated carbocycles. The van der Waals surface area contributed by atoms with Crippen LogP contribution in [0, 0.1) is 0 Å². The number of carbonyl (C=O) groups excluding carboxylic acids is 1. The molecule has 6 heteroatoms. The molecule has 0 bridgehead atoms. The van der Waals surface area contributed by atoms with Gasteiger partial charge in [-0.2, -0.15) is 0 Å². The summed E-state index contributed by atoms with van der Waals surface area (Å²) < 4.78 is 12.4. The minimum atomic E-state index is -0.366. The Hall–Kier alpha value is -4.06. The molecule has 0 unspecified atom stereocenters. The van der Waals surface area contributed by atoms with Gasteiger partial charge in [0.05, 0.1) is 36.6 Å². The molecule has 1 aliphatic carbocycles. The molecule has 0 amide bonds. The van der Waals surface area contributed by atoms with Gasteiger partial charge in [-0.15, -0.1) is 0 Å². The van der Waals surface area contributed by atoms with Gasteiger partial charge in [-0.1, -0.05) is 30.3 Å². The molecule has 0 atom stereocenters. The van der Waals surface area contributed by atoms with Gasteiger partial charge in [-0.05, 0) is 24.3 Å². The van der Waals surface area contributed by atoms with Crippen LogP contribution in [-0.2, 0) is 0 Å². The molecular weight excluding hydrogens is 382 g/mol. The molecule has 1 aliphatic rings. The summed E-state index contributed by atoms with van der Waals surface area (Å²) in [4.78, 5) is 27.2. The van der Waals surface area contributed by atoms with E-state index in [0.717, 1.165) is 0 Å². The van der Waals surface area contributed by atoms with Gasteiger partial charge < -0.3 is 14.6 Å². The van der Waals surface area contributed by atoms with E-state index in [-0.39, 0.29) is 28.2 Å². The van der Waals surface area contributed by atoms with E-state index in [2.05, 4.69) is 0 Å². The van der Waals surface area contributed by atoms with Crippen LogP contribution in [0.5, 0.6) is 17.2 Å². The van der Waals surface area contributed by atoms with Crippen LogP contribution in [0.4, 0.5) is 0 Å². The van der Waals surface area contributed by atoms with Crippen molar-refractivity contribution in [3.05, 3.63) is 82.1 Å². The summed E-state index contributed by atoms with van der Waals surface area (Å²) in [6.07, 6.45) is 0. The number of rotatable bonds is 3. The van der Waals surface area contributed by atoms with E-state index in [4.69, 9.17) is 9.47 Å². The second-order valence-corrected chi connectivity index (χ2v) is 6.98. The number of phenolic OH excluding ortho intramolecular Hbond substituents is 1. The predicted molar refractivity (Wildman–Crippen MR) is 113 cm³/mol. The molecule has 3 aromatic carbocycles. The fourth-order valence-corrected chi connectivity index (χ4v) is 4.19. The first kappa shape index (κ1) is 18.0. The quantitative estimate of drug-likeness (QED) is 0.497. The molecule has 1 N–H and O–H groups in total. The molecule has 0 fully saturated rings. The Morgan fingerprint density at radius 3 is 2.33 bits per heavy atom. The van der Waals surface area contributed by atoms with Crippen LogP contribution in [0.15, 0.2) is 65.5 Å². The Kier molecular flexibility index (Phi) is 3.89. The fourth-order valence-electron chi connectivity index (χ4n) is 4.19. The second kappa shape index (κ2) is 6.49. The van der Waals surface area contributed by atoms with E-state index in [1.165, 1.54) is 30.9 Å². The lowest BCUT2D eigenvalue weighted by Crippen LogP contribution is -2.22. The van der Waals surface area contributed by atoms with Gasteiger partial charge in [-0.25, -0.2) is 0 Å². The Bertz CT molecular complexity index is 1420. The number of ether oxygens (including phenoxy) is 2. The normalized spacial score (nSPS) is 12.0. The van der Waals surface area contributed by atoms with Crippen molar-refractivity contribution < 1.29 is 19.4 Å². The summed E-state index contributed by atoms with van der Waals surface area (Å²) >= 11 is 0. The van der Waals surface area contributed by atoms with Crippen LogP contribution in [0.3, 0.4) is 0 Å². The highest BCUT2D eigenvalue weighted by atomic mass is 16.5. The maximum atomic E-state index is 13.8. The zero-order valence-corrected chi connectivity index (χ0v) is 16.3. The number of fused-ring (bicyclic) bond motifs is 5. The zero-order chi connectivity index (χ0) is 21.0. The van der Waals surface area contributed by atoms with Crippen molar-refractivity contribution in [2.75, 3.05) is 14.2 Å². The van der Waals surface area contributed by atoms with Crippen LogP contribution in [-0.4, -0.2) is 29.7 Å². The first-order chi connectivity index (χ1) is 14.6. The summed E-state index contributed by atoms with van der Waals surface area (Å²) in [7, 11) is 2.95. The van der Waals surface area contributed by atoms with Crippen molar-refractivity contribution in [2.24, 2.45) is 0 Å². The van der Waals surface area contributed by atoms with E-state index in [1.54, 1.807) is 36.4 Å². The third kappa shape index (κ3) is 2.30. The number of benzene rings is 3. The monoisotopic (exact) mass is 399 g/mol. The van der Waals surface area contributed by atoms with E-state index in [9.17, 15) is 14.7 Å². The second-order valence-electron chi connectivity index (χ2n) is 6.98. The Balaban J connectivity index is 2.05. The van der Waals surface area contributed by atoms with E-state index < -0.39 is 0 Å². The average molecular weight is 399 g/mol. The summed E-state index contributed by atoms with van der Waals surface area (Å²) in [6.45, 7) is 0. The highest BCUT2D eigenvalue weighted by Gasteiger charge is 2.34. The third-order valence-corrected chi connectivity index (χ3v) is 5.43. The number of aromatic nitrogens is 1. The lowest BCUT2D eigenvalue weighted by atomic mass is 10.0. The highest BCUT2D eigenvalue weighted by molar-refractivity contribution is 6.27. The number of phenols is 1. The van der Waals surface area contributed by atoms with Crippen molar-refractivity contribution in [1.29, 1.82) is 0 Å². The number of ketones is 1. The number of hydrogen-bond donors (Lipinski definition) is 1. The molecule has 0 aliphatic heterocycles. The smallest absolute Gasteiger partial charge is 0.267 e. The van der Waals surface area contributed by atoms with Crippen LogP contribution in [0.2, 0.25) is 0 Å².